The van der Waals surface area contributed by atoms with Crippen LogP contribution in [0.2, 0.25) is 0 Å². The van der Waals surface area contributed by atoms with Crippen LogP contribution in [0.5, 0.6) is 0 Å². The van der Waals surface area contributed by atoms with Crippen LogP contribution in [0.4, 0.5) is 0 Å². The second-order valence-electron chi connectivity index (χ2n) is 4.09. The number of furan rings is 1. The summed E-state index contributed by atoms with van der Waals surface area (Å²) in [5.41, 5.74) is 4.22. The van der Waals surface area contributed by atoms with Crippen LogP contribution in [0.25, 0.3) is 0 Å². The Labute approximate surface area is 79.1 Å². The number of hydrogen-bond donors (Lipinski definition) is 1. The molecule has 1 aliphatic rings. The lowest BCUT2D eigenvalue weighted by molar-refractivity contribution is -0.438. The number of hydrogen-bond acceptors (Lipinski definition) is 1. The second-order valence-corrected chi connectivity index (χ2v) is 4.09. The fourth-order valence-electron chi connectivity index (χ4n) is 2.24. The molecule has 1 saturated carbocycles. The summed E-state index contributed by atoms with van der Waals surface area (Å²) in [5, 5.41) is 0. The van der Waals surface area contributed by atoms with Gasteiger partial charge in [-0.3, -0.25) is 0 Å². The molecule has 1 aromatic rings. The van der Waals surface area contributed by atoms with E-state index in [1.807, 2.05) is 6.07 Å². The van der Waals surface area contributed by atoms with Gasteiger partial charge in [0, 0.05) is 12.3 Å². The Morgan fingerprint density at radius 1 is 1.38 bits per heavy atom. The standard InChI is InChI=1S/C11H17NO/c12-11-6-2-1-4-9(11)8-10-5-3-7-13-10/h3,5,7,9,11H,1-2,4,6,8,12H2/p+1. The molecule has 1 fully saturated rings. The smallest absolute Gasteiger partial charge is 0.104 e. The van der Waals surface area contributed by atoms with Crippen molar-refractivity contribution >= 4 is 0 Å². The molecule has 2 nitrogen and oxygen atoms in total. The molecule has 0 saturated heterocycles. The molecule has 0 aromatic carbocycles. The normalized spacial score (nSPS) is 29.0. The molecule has 72 valence electrons. The van der Waals surface area contributed by atoms with Crippen LogP contribution in [-0.4, -0.2) is 6.04 Å². The van der Waals surface area contributed by atoms with Crippen molar-refractivity contribution in [1.29, 1.82) is 0 Å². The van der Waals surface area contributed by atoms with Crippen molar-refractivity contribution in [3.05, 3.63) is 24.2 Å². The van der Waals surface area contributed by atoms with E-state index in [-0.39, 0.29) is 0 Å². The molecule has 0 radical (unpaired) electrons. The molecule has 0 bridgehead atoms. The van der Waals surface area contributed by atoms with Crippen LogP contribution in [-0.2, 0) is 6.42 Å². The molecule has 2 unspecified atom stereocenters. The average molecular weight is 180 g/mol. The lowest BCUT2D eigenvalue weighted by Crippen LogP contribution is -2.65. The van der Waals surface area contributed by atoms with Gasteiger partial charge in [-0.2, -0.15) is 0 Å². The molecule has 2 rings (SSSR count). The van der Waals surface area contributed by atoms with Gasteiger partial charge in [0.1, 0.15) is 5.76 Å². The van der Waals surface area contributed by atoms with Gasteiger partial charge in [-0.1, -0.05) is 6.42 Å². The molecule has 0 spiro atoms. The largest absolute Gasteiger partial charge is 0.469 e. The summed E-state index contributed by atoms with van der Waals surface area (Å²) < 4.78 is 5.36. The highest BCUT2D eigenvalue weighted by atomic mass is 16.3. The third-order valence-corrected chi connectivity index (χ3v) is 3.11. The second kappa shape index (κ2) is 3.97. The van der Waals surface area contributed by atoms with Crippen molar-refractivity contribution in [3.63, 3.8) is 0 Å². The Hall–Kier alpha value is -0.760. The summed E-state index contributed by atoms with van der Waals surface area (Å²) in [4.78, 5) is 0. The van der Waals surface area contributed by atoms with Gasteiger partial charge in [0.05, 0.1) is 12.3 Å². The maximum absolute atomic E-state index is 5.36. The summed E-state index contributed by atoms with van der Waals surface area (Å²) >= 11 is 0. The molecular formula is C11H18NO+. The third kappa shape index (κ3) is 2.13. The molecule has 0 amide bonds. The van der Waals surface area contributed by atoms with Gasteiger partial charge in [-0.05, 0) is 31.4 Å². The SMILES string of the molecule is [NH3+]C1CCCCC1Cc1ccco1. The van der Waals surface area contributed by atoms with E-state index in [2.05, 4.69) is 11.8 Å². The van der Waals surface area contributed by atoms with E-state index in [4.69, 9.17) is 4.42 Å². The van der Waals surface area contributed by atoms with E-state index in [0.29, 0.717) is 6.04 Å². The first-order chi connectivity index (χ1) is 6.36. The zero-order valence-corrected chi connectivity index (χ0v) is 8.04. The molecule has 2 heteroatoms. The van der Waals surface area contributed by atoms with E-state index in [0.717, 1.165) is 18.1 Å². The van der Waals surface area contributed by atoms with Crippen LogP contribution in [0.15, 0.2) is 22.8 Å². The summed E-state index contributed by atoms with van der Waals surface area (Å²) in [5.74, 6) is 1.88. The zero-order chi connectivity index (χ0) is 9.10. The van der Waals surface area contributed by atoms with Gasteiger partial charge >= 0.3 is 0 Å². The van der Waals surface area contributed by atoms with Gasteiger partial charge < -0.3 is 10.2 Å². The third-order valence-electron chi connectivity index (χ3n) is 3.11. The van der Waals surface area contributed by atoms with E-state index in [1.54, 1.807) is 6.26 Å². The van der Waals surface area contributed by atoms with Crippen molar-refractivity contribution in [2.24, 2.45) is 5.92 Å². The Bertz CT molecular complexity index is 243. The van der Waals surface area contributed by atoms with E-state index in [9.17, 15) is 0 Å². The zero-order valence-electron chi connectivity index (χ0n) is 8.04. The quantitative estimate of drug-likeness (QED) is 0.738. The Balaban J connectivity index is 1.93. The monoisotopic (exact) mass is 180 g/mol. The number of rotatable bonds is 2. The minimum absolute atomic E-state index is 0.638. The minimum Gasteiger partial charge on any atom is -0.469 e. The first-order valence-corrected chi connectivity index (χ1v) is 5.22. The molecule has 0 aliphatic heterocycles. The van der Waals surface area contributed by atoms with Crippen LogP contribution in [0.1, 0.15) is 31.4 Å². The highest BCUT2D eigenvalue weighted by Crippen LogP contribution is 2.25. The van der Waals surface area contributed by atoms with Crippen molar-refractivity contribution in [3.8, 4) is 0 Å². The van der Waals surface area contributed by atoms with Gasteiger partial charge in [0.25, 0.3) is 0 Å². The summed E-state index contributed by atoms with van der Waals surface area (Å²) in [6.07, 6.45) is 8.21. The maximum atomic E-state index is 5.36. The van der Waals surface area contributed by atoms with Crippen molar-refractivity contribution in [2.45, 2.75) is 38.1 Å². The van der Waals surface area contributed by atoms with E-state index < -0.39 is 0 Å². The van der Waals surface area contributed by atoms with Gasteiger partial charge in [-0.25, -0.2) is 0 Å². The summed E-state index contributed by atoms with van der Waals surface area (Å²) in [7, 11) is 0. The minimum atomic E-state index is 0.638. The predicted molar refractivity (Wildman–Crippen MR) is 51.0 cm³/mol. The Morgan fingerprint density at radius 2 is 2.23 bits per heavy atom. The van der Waals surface area contributed by atoms with Crippen LogP contribution >= 0.6 is 0 Å². The van der Waals surface area contributed by atoms with Gasteiger partial charge in [0.2, 0.25) is 0 Å². The fourth-order valence-corrected chi connectivity index (χ4v) is 2.24. The summed E-state index contributed by atoms with van der Waals surface area (Å²) in [6.45, 7) is 0. The van der Waals surface area contributed by atoms with Crippen molar-refractivity contribution < 1.29 is 10.2 Å². The van der Waals surface area contributed by atoms with Crippen molar-refractivity contribution in [2.75, 3.05) is 0 Å². The Morgan fingerprint density at radius 3 is 2.92 bits per heavy atom. The predicted octanol–water partition coefficient (Wildman–Crippen LogP) is 1.62. The lowest BCUT2D eigenvalue weighted by atomic mass is 9.82. The first-order valence-electron chi connectivity index (χ1n) is 5.22. The molecule has 1 aromatic heterocycles. The van der Waals surface area contributed by atoms with Gasteiger partial charge in [0.15, 0.2) is 0 Å². The van der Waals surface area contributed by atoms with Crippen LogP contribution < -0.4 is 5.73 Å². The molecule has 1 heterocycles. The average Bonchev–Trinajstić information content (AvgIpc) is 2.61. The Kier molecular flexibility index (Phi) is 2.69. The molecule has 13 heavy (non-hydrogen) atoms. The number of quaternary nitrogens is 1. The molecular weight excluding hydrogens is 162 g/mol. The van der Waals surface area contributed by atoms with E-state index >= 15 is 0 Å². The summed E-state index contributed by atoms with van der Waals surface area (Å²) in [6, 6.07) is 4.68. The van der Waals surface area contributed by atoms with Crippen LogP contribution in [0.3, 0.4) is 0 Å². The van der Waals surface area contributed by atoms with Gasteiger partial charge in [-0.15, -0.1) is 0 Å². The van der Waals surface area contributed by atoms with Crippen LogP contribution in [0, 0.1) is 5.92 Å². The van der Waals surface area contributed by atoms with E-state index in [1.165, 1.54) is 25.7 Å². The topological polar surface area (TPSA) is 40.8 Å². The molecule has 1 aliphatic carbocycles. The highest BCUT2D eigenvalue weighted by molar-refractivity contribution is 5.00. The molecule has 2 atom stereocenters. The first kappa shape index (κ1) is 8.82. The molecule has 3 N–H and O–H groups in total. The lowest BCUT2D eigenvalue weighted by Gasteiger charge is -2.24. The van der Waals surface area contributed by atoms with Crippen molar-refractivity contribution in [1.82, 2.24) is 0 Å². The highest BCUT2D eigenvalue weighted by Gasteiger charge is 2.25. The maximum Gasteiger partial charge on any atom is 0.104 e. The fraction of sp³-hybridized carbons (Fsp3) is 0.636.